The van der Waals surface area contributed by atoms with Crippen molar-refractivity contribution in [3.8, 4) is 0 Å². The molecule has 0 spiro atoms. The number of rotatable bonds is 4. The molecule has 1 saturated carbocycles. The molecule has 2 N–H and O–H groups in total. The van der Waals surface area contributed by atoms with Crippen molar-refractivity contribution in [2.45, 2.75) is 19.8 Å². The number of hydrogen-bond acceptors (Lipinski definition) is 3. The molecule has 0 saturated heterocycles. The van der Waals surface area contributed by atoms with E-state index in [4.69, 9.17) is 0 Å². The Bertz CT molecular complexity index is 1010. The maximum Gasteiger partial charge on any atom is 0.258 e. The zero-order valence-electron chi connectivity index (χ0n) is 14.5. The van der Waals surface area contributed by atoms with Crippen LogP contribution in [0.1, 0.15) is 28.9 Å². The van der Waals surface area contributed by atoms with E-state index in [1.54, 1.807) is 6.07 Å². The number of nitrogens with one attached hydrogen (secondary N) is 2. The van der Waals surface area contributed by atoms with E-state index in [9.17, 15) is 9.59 Å². The SMILES string of the molecule is Cc1cccc(NC(=O)c2cc3ccccc3cc2NC(=O)C2CC2)n1. The van der Waals surface area contributed by atoms with Gasteiger partial charge in [-0.1, -0.05) is 30.3 Å². The van der Waals surface area contributed by atoms with Gasteiger partial charge in [0.1, 0.15) is 5.82 Å². The summed E-state index contributed by atoms with van der Waals surface area (Å²) < 4.78 is 0. The minimum Gasteiger partial charge on any atom is -0.325 e. The van der Waals surface area contributed by atoms with Gasteiger partial charge in [0.05, 0.1) is 11.3 Å². The van der Waals surface area contributed by atoms with Gasteiger partial charge in [-0.25, -0.2) is 4.98 Å². The molecule has 1 aliphatic carbocycles. The quantitative estimate of drug-likeness (QED) is 0.746. The molecule has 26 heavy (non-hydrogen) atoms. The second-order valence-corrected chi connectivity index (χ2v) is 6.63. The zero-order valence-corrected chi connectivity index (χ0v) is 14.5. The molecule has 0 bridgehead atoms. The van der Waals surface area contributed by atoms with Gasteiger partial charge in [-0.2, -0.15) is 0 Å². The highest BCUT2D eigenvalue weighted by Crippen LogP contribution is 2.32. The molecule has 3 aromatic rings. The molecule has 2 amide bonds. The van der Waals surface area contributed by atoms with E-state index in [2.05, 4.69) is 15.6 Å². The number of carbonyl (C=O) groups is 2. The van der Waals surface area contributed by atoms with Crippen molar-refractivity contribution in [2.24, 2.45) is 5.92 Å². The highest BCUT2D eigenvalue weighted by atomic mass is 16.2. The number of aromatic nitrogens is 1. The molecule has 1 fully saturated rings. The van der Waals surface area contributed by atoms with Gasteiger partial charge in [-0.05, 0) is 54.8 Å². The van der Waals surface area contributed by atoms with Crippen molar-refractivity contribution in [2.75, 3.05) is 10.6 Å². The zero-order chi connectivity index (χ0) is 18.1. The lowest BCUT2D eigenvalue weighted by molar-refractivity contribution is -0.117. The molecule has 0 radical (unpaired) electrons. The normalized spacial score (nSPS) is 13.4. The summed E-state index contributed by atoms with van der Waals surface area (Å²) in [5.41, 5.74) is 1.79. The molecule has 5 heteroatoms. The molecule has 2 aromatic carbocycles. The molecule has 130 valence electrons. The van der Waals surface area contributed by atoms with Crippen LogP contribution in [0.4, 0.5) is 11.5 Å². The smallest absolute Gasteiger partial charge is 0.258 e. The number of nitrogens with zero attached hydrogens (tertiary/aromatic N) is 1. The summed E-state index contributed by atoms with van der Waals surface area (Å²) in [7, 11) is 0. The van der Waals surface area contributed by atoms with Crippen LogP contribution in [0.3, 0.4) is 0 Å². The fourth-order valence-electron chi connectivity index (χ4n) is 2.91. The summed E-state index contributed by atoms with van der Waals surface area (Å²) in [4.78, 5) is 29.4. The summed E-state index contributed by atoms with van der Waals surface area (Å²) in [5.74, 6) is 0.237. The lowest BCUT2D eigenvalue weighted by atomic mass is 10.0. The third-order valence-electron chi connectivity index (χ3n) is 4.47. The van der Waals surface area contributed by atoms with Crippen LogP contribution in [0, 0.1) is 12.8 Å². The number of anilines is 2. The number of benzene rings is 2. The Labute approximate surface area is 151 Å². The van der Waals surface area contributed by atoms with Crippen LogP contribution in [0.2, 0.25) is 0 Å². The van der Waals surface area contributed by atoms with Crippen LogP contribution in [0.25, 0.3) is 10.8 Å². The van der Waals surface area contributed by atoms with Crippen molar-refractivity contribution < 1.29 is 9.59 Å². The van der Waals surface area contributed by atoms with E-state index in [1.165, 1.54) is 0 Å². The van der Waals surface area contributed by atoms with Gasteiger partial charge in [0, 0.05) is 11.6 Å². The third kappa shape index (κ3) is 3.42. The third-order valence-corrected chi connectivity index (χ3v) is 4.47. The number of aryl methyl sites for hydroxylation is 1. The number of amides is 2. The van der Waals surface area contributed by atoms with Gasteiger partial charge >= 0.3 is 0 Å². The highest BCUT2D eigenvalue weighted by Gasteiger charge is 2.30. The average molecular weight is 345 g/mol. The van der Waals surface area contributed by atoms with E-state index < -0.39 is 0 Å². The van der Waals surface area contributed by atoms with Gasteiger partial charge in [0.25, 0.3) is 5.91 Å². The minimum absolute atomic E-state index is 0.0250. The molecular formula is C21H19N3O2. The van der Waals surface area contributed by atoms with Crippen LogP contribution in [0.5, 0.6) is 0 Å². The van der Waals surface area contributed by atoms with Crippen molar-refractivity contribution in [1.29, 1.82) is 0 Å². The lowest BCUT2D eigenvalue weighted by Crippen LogP contribution is -2.19. The number of carbonyl (C=O) groups excluding carboxylic acids is 2. The largest absolute Gasteiger partial charge is 0.325 e. The monoisotopic (exact) mass is 345 g/mol. The van der Waals surface area contributed by atoms with E-state index in [0.29, 0.717) is 17.1 Å². The van der Waals surface area contributed by atoms with Crippen LogP contribution in [-0.4, -0.2) is 16.8 Å². The Morgan fingerprint density at radius 1 is 0.962 bits per heavy atom. The van der Waals surface area contributed by atoms with E-state index in [1.807, 2.05) is 55.5 Å². The molecule has 1 heterocycles. The van der Waals surface area contributed by atoms with E-state index >= 15 is 0 Å². The average Bonchev–Trinajstić information content (AvgIpc) is 3.46. The maximum absolute atomic E-state index is 12.9. The Balaban J connectivity index is 1.70. The van der Waals surface area contributed by atoms with E-state index in [0.717, 1.165) is 29.3 Å². The molecule has 0 unspecified atom stereocenters. The molecule has 1 aliphatic rings. The lowest BCUT2D eigenvalue weighted by Gasteiger charge is -2.13. The van der Waals surface area contributed by atoms with Gasteiger partial charge in [-0.15, -0.1) is 0 Å². The van der Waals surface area contributed by atoms with E-state index in [-0.39, 0.29) is 17.7 Å². The molecule has 0 aliphatic heterocycles. The Hall–Kier alpha value is -3.21. The molecule has 5 nitrogen and oxygen atoms in total. The topological polar surface area (TPSA) is 71.1 Å². The van der Waals surface area contributed by atoms with Crippen molar-refractivity contribution >= 4 is 34.1 Å². The van der Waals surface area contributed by atoms with Gasteiger partial charge in [-0.3, -0.25) is 9.59 Å². The number of hydrogen-bond donors (Lipinski definition) is 2. The first-order valence-corrected chi connectivity index (χ1v) is 8.69. The predicted octanol–water partition coefficient (Wildman–Crippen LogP) is 4.14. The Kier molecular flexibility index (Phi) is 4.13. The fraction of sp³-hybridized carbons (Fsp3) is 0.190. The van der Waals surface area contributed by atoms with Crippen LogP contribution in [0.15, 0.2) is 54.6 Å². The highest BCUT2D eigenvalue weighted by molar-refractivity contribution is 6.12. The summed E-state index contributed by atoms with van der Waals surface area (Å²) >= 11 is 0. The summed E-state index contributed by atoms with van der Waals surface area (Å²) in [5, 5.41) is 7.66. The van der Waals surface area contributed by atoms with Crippen LogP contribution >= 0.6 is 0 Å². The van der Waals surface area contributed by atoms with Crippen LogP contribution < -0.4 is 10.6 Å². The van der Waals surface area contributed by atoms with Crippen LogP contribution in [-0.2, 0) is 4.79 Å². The summed E-state index contributed by atoms with van der Waals surface area (Å²) in [6.45, 7) is 1.87. The standard InChI is InChI=1S/C21H19N3O2/c1-13-5-4-8-19(22-13)24-21(26)17-11-15-6-2-3-7-16(15)12-18(17)23-20(25)14-9-10-14/h2-8,11-12,14H,9-10H2,1H3,(H,23,25)(H,22,24,26). The minimum atomic E-state index is -0.292. The fourth-order valence-corrected chi connectivity index (χ4v) is 2.91. The van der Waals surface area contributed by atoms with Crippen molar-refractivity contribution in [3.05, 3.63) is 65.9 Å². The number of pyridine rings is 1. The Morgan fingerprint density at radius 3 is 2.38 bits per heavy atom. The van der Waals surface area contributed by atoms with Crippen molar-refractivity contribution in [3.63, 3.8) is 0 Å². The summed E-state index contributed by atoms with van der Waals surface area (Å²) in [6.07, 6.45) is 1.82. The Morgan fingerprint density at radius 2 is 1.69 bits per heavy atom. The van der Waals surface area contributed by atoms with Gasteiger partial charge < -0.3 is 10.6 Å². The molecule has 4 rings (SSSR count). The molecular weight excluding hydrogens is 326 g/mol. The predicted molar refractivity (Wildman–Crippen MR) is 102 cm³/mol. The summed E-state index contributed by atoms with van der Waals surface area (Å²) in [6, 6.07) is 16.9. The second kappa shape index (κ2) is 6.59. The van der Waals surface area contributed by atoms with Gasteiger partial charge in [0.2, 0.25) is 5.91 Å². The first-order chi connectivity index (χ1) is 12.6. The number of fused-ring (bicyclic) bond motifs is 1. The molecule has 1 aromatic heterocycles. The van der Waals surface area contributed by atoms with Crippen molar-refractivity contribution in [1.82, 2.24) is 4.98 Å². The first kappa shape index (κ1) is 16.3. The molecule has 0 atom stereocenters. The first-order valence-electron chi connectivity index (χ1n) is 8.69. The second-order valence-electron chi connectivity index (χ2n) is 6.63. The maximum atomic E-state index is 12.9. The van der Waals surface area contributed by atoms with Gasteiger partial charge in [0.15, 0.2) is 0 Å².